The molecule has 1 amide bonds. The van der Waals surface area contributed by atoms with Crippen molar-refractivity contribution < 1.29 is 4.79 Å². The third-order valence-electron chi connectivity index (χ3n) is 5.64. The molecule has 33 heavy (non-hydrogen) atoms. The largest absolute Gasteiger partial charge is 0.345 e. The van der Waals surface area contributed by atoms with Crippen molar-refractivity contribution >= 4 is 27.7 Å². The number of amides is 1. The molecule has 0 atom stereocenters. The number of carbonyl (C=O) groups excluding carboxylic acids is 1. The summed E-state index contributed by atoms with van der Waals surface area (Å²) in [6.45, 7) is 2.57. The van der Waals surface area contributed by atoms with Crippen LogP contribution in [0.2, 0.25) is 0 Å². The van der Waals surface area contributed by atoms with Gasteiger partial charge in [0.1, 0.15) is 17.5 Å². The molecule has 1 N–H and O–H groups in total. The van der Waals surface area contributed by atoms with E-state index in [2.05, 4.69) is 79.7 Å². The van der Waals surface area contributed by atoms with E-state index in [0.717, 1.165) is 17.6 Å². The second kappa shape index (κ2) is 10.9. The molecular weight excluding hydrogens is 478 g/mol. The first-order valence-corrected chi connectivity index (χ1v) is 11.6. The minimum Gasteiger partial charge on any atom is -0.345 e. The van der Waals surface area contributed by atoms with E-state index in [1.54, 1.807) is 17.2 Å². The summed E-state index contributed by atoms with van der Waals surface area (Å²) in [5.41, 5.74) is 2.52. The van der Waals surface area contributed by atoms with Crippen LogP contribution in [-0.2, 0) is 4.79 Å². The Morgan fingerprint density at radius 2 is 1.58 bits per heavy atom. The van der Waals surface area contributed by atoms with Crippen LogP contribution < -0.4 is 5.32 Å². The summed E-state index contributed by atoms with van der Waals surface area (Å²) in [6, 6.07) is 26.6. The topological polar surface area (TPSA) is 72.3 Å². The van der Waals surface area contributed by atoms with Gasteiger partial charge in [0.15, 0.2) is 0 Å². The van der Waals surface area contributed by atoms with Gasteiger partial charge < -0.3 is 10.2 Å². The number of halogens is 1. The van der Waals surface area contributed by atoms with Crippen LogP contribution in [0.3, 0.4) is 0 Å². The fourth-order valence-electron chi connectivity index (χ4n) is 3.99. The van der Waals surface area contributed by atoms with Crippen LogP contribution in [0.5, 0.6) is 0 Å². The minimum absolute atomic E-state index is 0.0656. The summed E-state index contributed by atoms with van der Waals surface area (Å²) in [7, 11) is 0. The van der Waals surface area contributed by atoms with E-state index in [4.69, 9.17) is 0 Å². The van der Waals surface area contributed by atoms with Gasteiger partial charge in [0, 0.05) is 43.0 Å². The van der Waals surface area contributed by atoms with Crippen LogP contribution in [0.15, 0.2) is 95.2 Å². The molecule has 1 aromatic heterocycles. The van der Waals surface area contributed by atoms with Crippen molar-refractivity contribution in [3.05, 3.63) is 106 Å². The molecule has 1 fully saturated rings. The summed E-state index contributed by atoms with van der Waals surface area (Å²) < 4.78 is 0.857. The molecule has 2 aromatic carbocycles. The Morgan fingerprint density at radius 3 is 2.09 bits per heavy atom. The second-order valence-electron chi connectivity index (χ2n) is 7.73. The number of nitriles is 1. The van der Waals surface area contributed by atoms with E-state index in [9.17, 15) is 10.1 Å². The van der Waals surface area contributed by atoms with Gasteiger partial charge in [0.25, 0.3) is 5.91 Å². The Morgan fingerprint density at radius 1 is 0.970 bits per heavy atom. The van der Waals surface area contributed by atoms with E-state index in [1.165, 1.54) is 17.3 Å². The number of carbonyl (C=O) groups is 1. The highest BCUT2D eigenvalue weighted by Gasteiger charge is 2.29. The quantitative estimate of drug-likeness (QED) is 0.394. The third-order valence-corrected chi connectivity index (χ3v) is 6.11. The van der Waals surface area contributed by atoms with E-state index in [0.29, 0.717) is 18.9 Å². The van der Waals surface area contributed by atoms with Crippen molar-refractivity contribution in [1.82, 2.24) is 14.8 Å². The fraction of sp³-hybridized carbons (Fsp3) is 0.192. The highest BCUT2D eigenvalue weighted by molar-refractivity contribution is 9.10. The van der Waals surface area contributed by atoms with Gasteiger partial charge in [-0.3, -0.25) is 9.69 Å². The number of benzene rings is 2. The molecule has 166 valence electrons. The molecule has 0 saturated carbocycles. The van der Waals surface area contributed by atoms with Crippen LogP contribution in [0.1, 0.15) is 17.2 Å². The predicted molar refractivity (Wildman–Crippen MR) is 132 cm³/mol. The molecule has 0 spiro atoms. The number of rotatable bonds is 6. The Kier molecular flexibility index (Phi) is 7.51. The van der Waals surface area contributed by atoms with Crippen LogP contribution in [0.4, 0.5) is 5.82 Å². The number of hydrogen-bond acceptors (Lipinski definition) is 5. The van der Waals surface area contributed by atoms with E-state index >= 15 is 0 Å². The molecule has 1 saturated heterocycles. The van der Waals surface area contributed by atoms with Gasteiger partial charge >= 0.3 is 0 Å². The summed E-state index contributed by atoms with van der Waals surface area (Å²) >= 11 is 3.34. The lowest BCUT2D eigenvalue weighted by molar-refractivity contribution is -0.128. The van der Waals surface area contributed by atoms with Crippen LogP contribution in [-0.4, -0.2) is 46.9 Å². The third kappa shape index (κ3) is 5.67. The monoisotopic (exact) mass is 501 g/mol. The van der Waals surface area contributed by atoms with Crippen LogP contribution in [0.25, 0.3) is 0 Å². The van der Waals surface area contributed by atoms with E-state index in [-0.39, 0.29) is 17.5 Å². The van der Waals surface area contributed by atoms with Crippen molar-refractivity contribution in [2.45, 2.75) is 6.04 Å². The number of aromatic nitrogens is 1. The van der Waals surface area contributed by atoms with Crippen molar-refractivity contribution in [2.24, 2.45) is 0 Å². The molecule has 1 aliphatic heterocycles. The Bertz CT molecular complexity index is 1100. The van der Waals surface area contributed by atoms with Crippen molar-refractivity contribution in [3.63, 3.8) is 0 Å². The zero-order valence-corrected chi connectivity index (χ0v) is 19.6. The minimum atomic E-state index is -0.266. The van der Waals surface area contributed by atoms with Gasteiger partial charge in [-0.05, 0) is 39.2 Å². The smallest absolute Gasteiger partial charge is 0.266 e. The van der Waals surface area contributed by atoms with Crippen molar-refractivity contribution in [3.8, 4) is 6.07 Å². The summed E-state index contributed by atoms with van der Waals surface area (Å²) in [4.78, 5) is 21.3. The van der Waals surface area contributed by atoms with Crippen molar-refractivity contribution in [2.75, 3.05) is 31.5 Å². The predicted octanol–water partition coefficient (Wildman–Crippen LogP) is 4.60. The number of nitrogens with zero attached hydrogens (tertiary/aromatic N) is 4. The van der Waals surface area contributed by atoms with E-state index in [1.807, 2.05) is 24.3 Å². The summed E-state index contributed by atoms with van der Waals surface area (Å²) in [5, 5.41) is 12.5. The molecule has 0 bridgehead atoms. The molecule has 2 heterocycles. The lowest BCUT2D eigenvalue weighted by atomic mass is 9.96. The average Bonchev–Trinajstić information content (AvgIpc) is 2.87. The Hall–Kier alpha value is -3.47. The molecule has 1 aliphatic rings. The highest BCUT2D eigenvalue weighted by atomic mass is 79.9. The molecule has 6 nitrogen and oxygen atoms in total. The number of anilines is 1. The molecule has 7 heteroatoms. The normalized spacial score (nSPS) is 14.7. The second-order valence-corrected chi connectivity index (χ2v) is 8.64. The van der Waals surface area contributed by atoms with Crippen LogP contribution >= 0.6 is 15.9 Å². The molecule has 0 unspecified atom stereocenters. The molecule has 0 radical (unpaired) electrons. The van der Waals surface area contributed by atoms with Gasteiger partial charge in [-0.15, -0.1) is 0 Å². The van der Waals surface area contributed by atoms with Gasteiger partial charge in [0.2, 0.25) is 0 Å². The first-order chi connectivity index (χ1) is 16.2. The van der Waals surface area contributed by atoms with Gasteiger partial charge in [-0.1, -0.05) is 60.7 Å². The Labute approximate surface area is 202 Å². The summed E-state index contributed by atoms with van der Waals surface area (Å²) in [6.07, 6.45) is 3.08. The molecule has 3 aromatic rings. The van der Waals surface area contributed by atoms with Crippen LogP contribution in [0, 0.1) is 11.3 Å². The lowest BCUT2D eigenvalue weighted by Crippen LogP contribution is -2.50. The zero-order chi connectivity index (χ0) is 23.0. The van der Waals surface area contributed by atoms with Gasteiger partial charge in [-0.25, -0.2) is 4.98 Å². The first kappa shape index (κ1) is 22.7. The number of hydrogen-bond donors (Lipinski definition) is 1. The summed E-state index contributed by atoms with van der Waals surface area (Å²) in [5.74, 6) is 0.301. The maximum atomic E-state index is 13.0. The number of piperazine rings is 1. The maximum Gasteiger partial charge on any atom is 0.266 e. The Balaban J connectivity index is 1.44. The number of nitrogens with one attached hydrogen (secondary N) is 1. The highest BCUT2D eigenvalue weighted by Crippen LogP contribution is 2.29. The average molecular weight is 502 g/mol. The molecular formula is C26H24BrN5O. The SMILES string of the molecule is N#C/C(=C/Nc1ccc(Br)cn1)C(=O)N1CCN(C(c2ccccc2)c2ccccc2)CC1. The lowest BCUT2D eigenvalue weighted by Gasteiger charge is -2.39. The standard InChI is InChI=1S/C26H24BrN5O/c27-23-11-12-24(30-19-23)29-18-22(17-28)26(33)32-15-13-31(14-16-32)25(20-7-3-1-4-8-20)21-9-5-2-6-10-21/h1-12,18-19,25H,13-16H2,(H,29,30)/b22-18-. The molecule has 4 rings (SSSR count). The van der Waals surface area contributed by atoms with E-state index < -0.39 is 0 Å². The number of pyridine rings is 1. The fourth-order valence-corrected chi connectivity index (χ4v) is 4.22. The van der Waals surface area contributed by atoms with Crippen molar-refractivity contribution in [1.29, 1.82) is 5.26 Å². The first-order valence-electron chi connectivity index (χ1n) is 10.8. The maximum absolute atomic E-state index is 13.0. The van der Waals surface area contributed by atoms with Gasteiger partial charge in [-0.2, -0.15) is 5.26 Å². The van der Waals surface area contributed by atoms with Gasteiger partial charge in [0.05, 0.1) is 6.04 Å². The zero-order valence-electron chi connectivity index (χ0n) is 18.1. The molecule has 0 aliphatic carbocycles.